The number of aryl methyl sites for hydroxylation is 3. The normalized spacial score (nSPS) is 11.5. The lowest BCUT2D eigenvalue weighted by atomic mass is 10.3. The highest BCUT2D eigenvalue weighted by atomic mass is 32.2. The van der Waals surface area contributed by atoms with Crippen molar-refractivity contribution in [2.24, 2.45) is 0 Å². The second kappa shape index (κ2) is 7.08. The van der Waals surface area contributed by atoms with E-state index in [0.29, 0.717) is 29.8 Å². The number of fused-ring (bicyclic) bond motifs is 2. The molecular weight excluding hydrogens is 384 g/mol. The number of thioether (sulfide) groups is 1. The summed E-state index contributed by atoms with van der Waals surface area (Å²) < 4.78 is 8.47. The highest BCUT2D eigenvalue weighted by Gasteiger charge is 2.15. The van der Waals surface area contributed by atoms with Crippen LogP contribution in [0.3, 0.4) is 0 Å². The fourth-order valence-electron chi connectivity index (χ4n) is 3.06. The molecule has 0 unspecified atom stereocenters. The number of nitrogens with zero attached hydrogens (tertiary/aromatic N) is 6. The molecule has 0 spiro atoms. The van der Waals surface area contributed by atoms with Gasteiger partial charge in [-0.3, -0.25) is 19.1 Å². The Morgan fingerprint density at radius 1 is 1.25 bits per heavy atom. The number of oxazole rings is 1. The Kier molecular flexibility index (Phi) is 4.59. The third kappa shape index (κ3) is 3.24. The summed E-state index contributed by atoms with van der Waals surface area (Å²) in [5.74, 6) is 0.970. The molecule has 0 N–H and O–H groups in total. The van der Waals surface area contributed by atoms with Gasteiger partial charge in [0, 0.05) is 36.2 Å². The summed E-state index contributed by atoms with van der Waals surface area (Å²) in [6.07, 6.45) is 0.648. The van der Waals surface area contributed by atoms with Gasteiger partial charge in [0.25, 0.3) is 5.69 Å². The van der Waals surface area contributed by atoms with E-state index in [1.807, 2.05) is 24.3 Å². The molecule has 0 saturated carbocycles. The number of nitro groups is 1. The summed E-state index contributed by atoms with van der Waals surface area (Å²) in [5.41, 5.74) is 2.31. The van der Waals surface area contributed by atoms with Gasteiger partial charge in [-0.05, 0) is 26.3 Å². The van der Waals surface area contributed by atoms with Crippen molar-refractivity contribution in [3.63, 3.8) is 0 Å². The molecule has 4 rings (SSSR count). The Labute approximate surface area is 162 Å². The number of rotatable bonds is 6. The minimum Gasteiger partial charge on any atom is -0.408 e. The molecule has 4 aromatic rings. The number of hydrogen-bond acceptors (Lipinski definition) is 8. The number of nitro benzene ring substituents is 1. The first-order valence-electron chi connectivity index (χ1n) is 8.54. The first-order valence-corrected chi connectivity index (χ1v) is 9.52. The van der Waals surface area contributed by atoms with Crippen LogP contribution in [0.1, 0.15) is 17.9 Å². The minimum absolute atomic E-state index is 0.0791. The molecule has 144 valence electrons. The van der Waals surface area contributed by atoms with Gasteiger partial charge in [0.2, 0.25) is 0 Å². The maximum Gasteiger partial charge on any atom is 0.419 e. The lowest BCUT2D eigenvalue weighted by Gasteiger charge is -2.04. The third-order valence-corrected chi connectivity index (χ3v) is 5.29. The van der Waals surface area contributed by atoms with Gasteiger partial charge in [-0.2, -0.15) is 0 Å². The summed E-state index contributed by atoms with van der Waals surface area (Å²) in [6, 6.07) is 5.99. The van der Waals surface area contributed by atoms with Crippen molar-refractivity contribution in [3.05, 3.63) is 56.4 Å². The smallest absolute Gasteiger partial charge is 0.408 e. The first-order chi connectivity index (χ1) is 13.4. The van der Waals surface area contributed by atoms with Crippen LogP contribution < -0.4 is 5.76 Å². The molecule has 1 aromatic carbocycles. The highest BCUT2D eigenvalue weighted by molar-refractivity contribution is 7.99. The van der Waals surface area contributed by atoms with E-state index in [1.165, 1.54) is 34.5 Å². The van der Waals surface area contributed by atoms with E-state index in [1.54, 1.807) is 0 Å². The average molecular weight is 400 g/mol. The van der Waals surface area contributed by atoms with Crippen LogP contribution in [0.2, 0.25) is 0 Å². The standard InChI is InChI=1S/C17H16N6O4S/c1-10-8-15-19-20-16(22(15)11(2)18-10)28-7-3-6-21-13-9-12(23(25)26)4-5-14(13)27-17(21)24/h4-5,8-9H,3,6-7H2,1-2H3. The zero-order chi connectivity index (χ0) is 19.8. The summed E-state index contributed by atoms with van der Waals surface area (Å²) in [6.45, 7) is 4.19. The Morgan fingerprint density at radius 3 is 2.86 bits per heavy atom. The van der Waals surface area contributed by atoms with E-state index < -0.39 is 10.7 Å². The van der Waals surface area contributed by atoms with Crippen LogP contribution in [0.5, 0.6) is 0 Å². The van der Waals surface area contributed by atoms with Crippen molar-refractivity contribution in [1.29, 1.82) is 0 Å². The van der Waals surface area contributed by atoms with Crippen LogP contribution in [0, 0.1) is 24.0 Å². The zero-order valence-electron chi connectivity index (χ0n) is 15.2. The van der Waals surface area contributed by atoms with E-state index in [0.717, 1.165) is 22.3 Å². The molecule has 11 heteroatoms. The molecule has 0 aliphatic carbocycles. The maximum atomic E-state index is 12.1. The highest BCUT2D eigenvalue weighted by Crippen LogP contribution is 2.22. The first kappa shape index (κ1) is 18.2. The molecule has 0 atom stereocenters. The van der Waals surface area contributed by atoms with Gasteiger partial charge in [0.15, 0.2) is 16.4 Å². The lowest BCUT2D eigenvalue weighted by molar-refractivity contribution is -0.384. The fourth-order valence-corrected chi connectivity index (χ4v) is 3.97. The van der Waals surface area contributed by atoms with E-state index in [-0.39, 0.29) is 5.69 Å². The van der Waals surface area contributed by atoms with Crippen molar-refractivity contribution in [2.75, 3.05) is 5.75 Å². The van der Waals surface area contributed by atoms with Gasteiger partial charge < -0.3 is 4.42 Å². The van der Waals surface area contributed by atoms with Gasteiger partial charge in [-0.15, -0.1) is 10.2 Å². The Balaban J connectivity index is 1.49. The number of benzene rings is 1. The Hall–Kier alpha value is -3.21. The fraction of sp³-hybridized carbons (Fsp3) is 0.294. The van der Waals surface area contributed by atoms with E-state index in [2.05, 4.69) is 15.2 Å². The van der Waals surface area contributed by atoms with Crippen LogP contribution >= 0.6 is 11.8 Å². The van der Waals surface area contributed by atoms with Crippen LogP contribution in [0.4, 0.5) is 5.69 Å². The molecule has 28 heavy (non-hydrogen) atoms. The van der Waals surface area contributed by atoms with Crippen molar-refractivity contribution in [3.8, 4) is 0 Å². The number of non-ortho nitro benzene ring substituents is 1. The third-order valence-electron chi connectivity index (χ3n) is 4.28. The van der Waals surface area contributed by atoms with Gasteiger partial charge in [-0.1, -0.05) is 11.8 Å². The van der Waals surface area contributed by atoms with Crippen molar-refractivity contribution >= 4 is 34.2 Å². The molecule has 0 saturated heterocycles. The SMILES string of the molecule is Cc1cc2nnc(SCCCn3c(=O)oc4ccc([N+](=O)[O-])cc43)n2c(C)n1. The topological polar surface area (TPSA) is 121 Å². The van der Waals surface area contributed by atoms with Crippen LogP contribution in [0.15, 0.2) is 38.6 Å². The number of aromatic nitrogens is 5. The van der Waals surface area contributed by atoms with Crippen molar-refractivity contribution in [1.82, 2.24) is 24.1 Å². The second-order valence-corrected chi connectivity index (χ2v) is 7.31. The van der Waals surface area contributed by atoms with E-state index in [9.17, 15) is 14.9 Å². The predicted molar refractivity (Wildman–Crippen MR) is 103 cm³/mol. The van der Waals surface area contributed by atoms with Gasteiger partial charge in [0.05, 0.1) is 10.4 Å². The van der Waals surface area contributed by atoms with Crippen molar-refractivity contribution < 1.29 is 9.34 Å². The molecule has 0 aliphatic heterocycles. The van der Waals surface area contributed by atoms with Crippen LogP contribution in [-0.4, -0.2) is 34.8 Å². The Bertz CT molecular complexity index is 1260. The maximum absolute atomic E-state index is 12.1. The predicted octanol–water partition coefficient (Wildman–Crippen LogP) is 2.74. The molecule has 10 nitrogen and oxygen atoms in total. The minimum atomic E-state index is -0.524. The van der Waals surface area contributed by atoms with Gasteiger partial charge in [0.1, 0.15) is 5.82 Å². The molecule has 0 bridgehead atoms. The van der Waals surface area contributed by atoms with Gasteiger partial charge in [-0.25, -0.2) is 9.78 Å². The average Bonchev–Trinajstić information content (AvgIpc) is 3.18. The molecule has 0 amide bonds. The second-order valence-electron chi connectivity index (χ2n) is 6.25. The molecule has 3 aromatic heterocycles. The summed E-state index contributed by atoms with van der Waals surface area (Å²) >= 11 is 1.51. The quantitative estimate of drug-likeness (QED) is 0.210. The molecule has 0 radical (unpaired) electrons. The number of hydrogen-bond donors (Lipinski definition) is 0. The summed E-state index contributed by atoms with van der Waals surface area (Å²) in [7, 11) is 0. The Morgan fingerprint density at radius 2 is 2.07 bits per heavy atom. The van der Waals surface area contributed by atoms with Crippen LogP contribution in [-0.2, 0) is 6.54 Å². The monoisotopic (exact) mass is 400 g/mol. The molecule has 3 heterocycles. The van der Waals surface area contributed by atoms with Gasteiger partial charge >= 0.3 is 5.76 Å². The molecule has 0 aliphatic rings. The lowest BCUT2D eigenvalue weighted by Crippen LogP contribution is -2.14. The molecule has 0 fully saturated rings. The largest absolute Gasteiger partial charge is 0.419 e. The summed E-state index contributed by atoms with van der Waals surface area (Å²) in [4.78, 5) is 27.0. The van der Waals surface area contributed by atoms with E-state index >= 15 is 0 Å². The van der Waals surface area contributed by atoms with Crippen LogP contribution in [0.25, 0.3) is 16.7 Å². The van der Waals surface area contributed by atoms with Crippen molar-refractivity contribution in [2.45, 2.75) is 32.0 Å². The zero-order valence-corrected chi connectivity index (χ0v) is 16.0. The molecular formula is C17H16N6O4S. The van der Waals surface area contributed by atoms with E-state index in [4.69, 9.17) is 4.42 Å². The summed E-state index contributed by atoms with van der Waals surface area (Å²) in [5, 5.41) is 20.1.